The number of aromatic nitrogens is 2. The average Bonchev–Trinajstić information content (AvgIpc) is 2.29. The Balaban J connectivity index is 2.69. The third-order valence-corrected chi connectivity index (χ3v) is 2.14. The molecule has 0 spiro atoms. The second-order valence-electron chi connectivity index (χ2n) is 3.56. The van der Waals surface area contributed by atoms with Crippen molar-refractivity contribution >= 4 is 11.6 Å². The van der Waals surface area contributed by atoms with Crippen LogP contribution in [0.25, 0.3) is 0 Å². The first kappa shape index (κ1) is 12.7. The van der Waals surface area contributed by atoms with Crippen molar-refractivity contribution in [3.8, 4) is 0 Å². The van der Waals surface area contributed by atoms with Crippen LogP contribution >= 0.6 is 0 Å². The van der Waals surface area contributed by atoms with Gasteiger partial charge in [0.25, 0.3) is 0 Å². The van der Waals surface area contributed by atoms with Crippen molar-refractivity contribution in [1.82, 2.24) is 9.97 Å². The van der Waals surface area contributed by atoms with Crippen LogP contribution in [-0.2, 0) is 6.42 Å². The molecule has 0 aromatic carbocycles. The number of rotatable bonds is 7. The molecule has 5 nitrogen and oxygen atoms in total. The van der Waals surface area contributed by atoms with Gasteiger partial charge in [0, 0.05) is 32.7 Å². The largest absolute Gasteiger partial charge is 0.396 e. The third-order valence-electron chi connectivity index (χ3n) is 2.14. The Morgan fingerprint density at radius 1 is 1.31 bits per heavy atom. The maximum Gasteiger partial charge on any atom is 0.133 e. The average molecular weight is 224 g/mol. The zero-order valence-corrected chi connectivity index (χ0v) is 9.95. The smallest absolute Gasteiger partial charge is 0.133 e. The molecule has 0 saturated carbocycles. The van der Waals surface area contributed by atoms with Crippen LogP contribution in [0.1, 0.15) is 25.6 Å². The number of aliphatic hydroxyl groups is 1. The highest BCUT2D eigenvalue weighted by molar-refractivity contribution is 5.47. The predicted octanol–water partition coefficient (Wildman–Crippen LogP) is 1.27. The van der Waals surface area contributed by atoms with E-state index in [1.807, 2.05) is 13.1 Å². The van der Waals surface area contributed by atoms with Gasteiger partial charge >= 0.3 is 0 Å². The maximum atomic E-state index is 8.70. The first-order valence-corrected chi connectivity index (χ1v) is 5.70. The van der Waals surface area contributed by atoms with Crippen molar-refractivity contribution in [2.24, 2.45) is 0 Å². The summed E-state index contributed by atoms with van der Waals surface area (Å²) in [4.78, 5) is 8.76. The molecule has 1 aromatic heterocycles. The zero-order chi connectivity index (χ0) is 11.8. The van der Waals surface area contributed by atoms with Crippen LogP contribution in [0.3, 0.4) is 0 Å². The van der Waals surface area contributed by atoms with E-state index in [0.717, 1.165) is 43.3 Å². The normalized spacial score (nSPS) is 10.2. The Morgan fingerprint density at radius 2 is 2.06 bits per heavy atom. The SMILES string of the molecule is CCCc1nc(NC)cc(NCCCO)n1. The second-order valence-corrected chi connectivity index (χ2v) is 3.56. The van der Waals surface area contributed by atoms with E-state index in [9.17, 15) is 0 Å². The lowest BCUT2D eigenvalue weighted by molar-refractivity contribution is 0.292. The molecule has 0 bridgehead atoms. The molecule has 0 atom stereocenters. The molecule has 3 N–H and O–H groups in total. The van der Waals surface area contributed by atoms with Crippen molar-refractivity contribution < 1.29 is 5.11 Å². The number of nitrogens with zero attached hydrogens (tertiary/aromatic N) is 2. The first-order chi connectivity index (χ1) is 7.80. The number of hydrogen-bond donors (Lipinski definition) is 3. The van der Waals surface area contributed by atoms with E-state index >= 15 is 0 Å². The highest BCUT2D eigenvalue weighted by Gasteiger charge is 2.02. The van der Waals surface area contributed by atoms with Crippen molar-refractivity contribution in [3.63, 3.8) is 0 Å². The molecule has 0 unspecified atom stereocenters. The topological polar surface area (TPSA) is 70.1 Å². The van der Waals surface area contributed by atoms with Gasteiger partial charge in [0.05, 0.1) is 0 Å². The monoisotopic (exact) mass is 224 g/mol. The van der Waals surface area contributed by atoms with Crippen LogP contribution in [0.5, 0.6) is 0 Å². The molecule has 1 aromatic rings. The van der Waals surface area contributed by atoms with Crippen LogP contribution in [0.4, 0.5) is 11.6 Å². The highest BCUT2D eigenvalue weighted by atomic mass is 16.3. The summed E-state index contributed by atoms with van der Waals surface area (Å²) in [5.74, 6) is 2.49. The number of anilines is 2. The third kappa shape index (κ3) is 4.02. The van der Waals surface area contributed by atoms with Gasteiger partial charge in [-0.2, -0.15) is 0 Å². The number of aryl methyl sites for hydroxylation is 1. The van der Waals surface area contributed by atoms with Gasteiger partial charge in [0.2, 0.25) is 0 Å². The Bertz CT molecular complexity index is 317. The molecule has 1 heterocycles. The summed E-state index contributed by atoms with van der Waals surface area (Å²) in [6.07, 6.45) is 2.63. The number of hydrogen-bond acceptors (Lipinski definition) is 5. The standard InChI is InChI=1S/C11H20N4O/c1-3-5-9-14-10(12-2)8-11(15-9)13-6-4-7-16/h8,16H,3-7H2,1-2H3,(H2,12,13,14,15). The van der Waals surface area contributed by atoms with Gasteiger partial charge < -0.3 is 15.7 Å². The Labute approximate surface area is 96.3 Å². The maximum absolute atomic E-state index is 8.70. The van der Waals surface area contributed by atoms with E-state index in [-0.39, 0.29) is 6.61 Å². The minimum Gasteiger partial charge on any atom is -0.396 e. The molecule has 0 amide bonds. The van der Waals surface area contributed by atoms with Crippen LogP contribution in [0.15, 0.2) is 6.07 Å². The minimum absolute atomic E-state index is 0.193. The summed E-state index contributed by atoms with van der Waals surface area (Å²) in [6, 6.07) is 1.87. The lowest BCUT2D eigenvalue weighted by Crippen LogP contribution is -2.08. The minimum atomic E-state index is 0.193. The number of aliphatic hydroxyl groups excluding tert-OH is 1. The van der Waals surface area contributed by atoms with Crippen LogP contribution in [0.2, 0.25) is 0 Å². The lowest BCUT2D eigenvalue weighted by Gasteiger charge is -2.08. The van der Waals surface area contributed by atoms with Gasteiger partial charge in [-0.1, -0.05) is 6.92 Å². The van der Waals surface area contributed by atoms with E-state index in [1.165, 1.54) is 0 Å². The van der Waals surface area contributed by atoms with Gasteiger partial charge in [-0.15, -0.1) is 0 Å². The second kappa shape index (κ2) is 7.00. The van der Waals surface area contributed by atoms with E-state index in [1.54, 1.807) is 0 Å². The van der Waals surface area contributed by atoms with Gasteiger partial charge in [-0.3, -0.25) is 0 Å². The molecule has 1 rings (SSSR count). The molecule has 0 fully saturated rings. The van der Waals surface area contributed by atoms with Gasteiger partial charge in [-0.25, -0.2) is 9.97 Å². The Kier molecular flexibility index (Phi) is 5.56. The van der Waals surface area contributed by atoms with E-state index in [4.69, 9.17) is 5.11 Å². The molecule has 0 aliphatic heterocycles. The number of nitrogens with one attached hydrogen (secondary N) is 2. The van der Waals surface area contributed by atoms with Crippen LogP contribution in [-0.4, -0.2) is 35.3 Å². The molecule has 0 radical (unpaired) electrons. The summed E-state index contributed by atoms with van der Waals surface area (Å²) in [5, 5.41) is 14.9. The summed E-state index contributed by atoms with van der Waals surface area (Å²) in [5.41, 5.74) is 0. The fourth-order valence-corrected chi connectivity index (χ4v) is 1.35. The quantitative estimate of drug-likeness (QED) is 0.608. The molecule has 0 aliphatic rings. The molecule has 0 saturated heterocycles. The molecule has 90 valence electrons. The van der Waals surface area contributed by atoms with Crippen molar-refractivity contribution in [3.05, 3.63) is 11.9 Å². The zero-order valence-electron chi connectivity index (χ0n) is 9.95. The summed E-state index contributed by atoms with van der Waals surface area (Å²) in [6.45, 7) is 3.02. The Hall–Kier alpha value is -1.36. The van der Waals surface area contributed by atoms with Gasteiger partial charge in [0.15, 0.2) is 0 Å². The summed E-state index contributed by atoms with van der Waals surface area (Å²) in [7, 11) is 1.84. The lowest BCUT2D eigenvalue weighted by atomic mass is 10.3. The van der Waals surface area contributed by atoms with Gasteiger partial charge in [-0.05, 0) is 12.8 Å². The first-order valence-electron chi connectivity index (χ1n) is 5.70. The van der Waals surface area contributed by atoms with Crippen LogP contribution < -0.4 is 10.6 Å². The molecule has 16 heavy (non-hydrogen) atoms. The fraction of sp³-hybridized carbons (Fsp3) is 0.636. The van der Waals surface area contributed by atoms with E-state index in [2.05, 4.69) is 27.5 Å². The van der Waals surface area contributed by atoms with Crippen molar-refractivity contribution in [2.45, 2.75) is 26.2 Å². The summed E-state index contributed by atoms with van der Waals surface area (Å²) < 4.78 is 0. The van der Waals surface area contributed by atoms with Crippen molar-refractivity contribution in [2.75, 3.05) is 30.8 Å². The molecular weight excluding hydrogens is 204 g/mol. The molecule has 5 heteroatoms. The van der Waals surface area contributed by atoms with Crippen molar-refractivity contribution in [1.29, 1.82) is 0 Å². The van der Waals surface area contributed by atoms with E-state index in [0.29, 0.717) is 0 Å². The fourth-order valence-electron chi connectivity index (χ4n) is 1.35. The Morgan fingerprint density at radius 3 is 2.69 bits per heavy atom. The molecular formula is C11H20N4O. The predicted molar refractivity (Wildman–Crippen MR) is 65.8 cm³/mol. The highest BCUT2D eigenvalue weighted by Crippen LogP contribution is 2.11. The van der Waals surface area contributed by atoms with Gasteiger partial charge in [0.1, 0.15) is 17.5 Å². The molecule has 0 aliphatic carbocycles. The van der Waals surface area contributed by atoms with E-state index < -0.39 is 0 Å². The summed E-state index contributed by atoms with van der Waals surface area (Å²) >= 11 is 0. The van der Waals surface area contributed by atoms with Crippen LogP contribution in [0, 0.1) is 0 Å².